The van der Waals surface area contributed by atoms with Gasteiger partial charge in [0.05, 0.1) is 12.2 Å². The van der Waals surface area contributed by atoms with Crippen molar-refractivity contribution in [3.63, 3.8) is 0 Å². The van der Waals surface area contributed by atoms with Gasteiger partial charge in [-0.25, -0.2) is 0 Å². The number of nitriles is 1. The predicted molar refractivity (Wildman–Crippen MR) is 90.7 cm³/mol. The van der Waals surface area contributed by atoms with Gasteiger partial charge in [-0.15, -0.1) is 5.10 Å². The van der Waals surface area contributed by atoms with E-state index >= 15 is 0 Å². The smallest absolute Gasteiger partial charge is 0.167 e. The molecule has 5 heteroatoms. The number of anilines is 1. The van der Waals surface area contributed by atoms with Gasteiger partial charge in [-0.2, -0.15) is 10.4 Å². The molecular weight excluding hydrogens is 288 g/mol. The molecule has 0 aliphatic rings. The number of para-hydroxylation sites is 1. The fraction of sp³-hybridized carbons (Fsp3) is 0.389. The molecule has 5 nitrogen and oxygen atoms in total. The van der Waals surface area contributed by atoms with Gasteiger partial charge in [-0.05, 0) is 37.0 Å². The first-order valence-corrected chi connectivity index (χ1v) is 7.92. The van der Waals surface area contributed by atoms with Gasteiger partial charge in [-0.1, -0.05) is 32.0 Å². The van der Waals surface area contributed by atoms with Crippen LogP contribution in [0.25, 0.3) is 0 Å². The quantitative estimate of drug-likeness (QED) is 0.795. The summed E-state index contributed by atoms with van der Waals surface area (Å²) in [7, 11) is 0. The number of hydrogen-bond donors (Lipinski definition) is 1. The van der Waals surface area contributed by atoms with Gasteiger partial charge in [0.25, 0.3) is 0 Å². The minimum atomic E-state index is 0.494. The van der Waals surface area contributed by atoms with Crippen molar-refractivity contribution in [3.05, 3.63) is 46.6 Å². The molecule has 1 aromatic carbocycles. The maximum Gasteiger partial charge on any atom is 0.167 e. The monoisotopic (exact) mass is 310 g/mol. The molecule has 0 radical (unpaired) electrons. The second-order valence-electron chi connectivity index (χ2n) is 5.21. The Labute approximate surface area is 137 Å². The summed E-state index contributed by atoms with van der Waals surface area (Å²) in [5.74, 6) is 1.41. The zero-order valence-electron chi connectivity index (χ0n) is 13.9. The molecule has 23 heavy (non-hydrogen) atoms. The maximum absolute atomic E-state index is 9.43. The van der Waals surface area contributed by atoms with E-state index in [2.05, 4.69) is 21.6 Å². The summed E-state index contributed by atoms with van der Waals surface area (Å²) in [5, 5.41) is 21.0. The number of ether oxygens (including phenoxy) is 1. The average Bonchev–Trinajstić information content (AvgIpc) is 2.59. The molecule has 120 valence electrons. The third-order valence-electron chi connectivity index (χ3n) is 3.70. The van der Waals surface area contributed by atoms with Gasteiger partial charge < -0.3 is 10.1 Å². The van der Waals surface area contributed by atoms with Crippen molar-refractivity contribution in [2.75, 3.05) is 18.5 Å². The number of nitrogens with zero attached hydrogens (tertiary/aromatic N) is 3. The van der Waals surface area contributed by atoms with Crippen LogP contribution in [-0.4, -0.2) is 23.3 Å². The molecule has 1 aromatic heterocycles. The molecule has 0 aliphatic heterocycles. The minimum absolute atomic E-state index is 0.494. The summed E-state index contributed by atoms with van der Waals surface area (Å²) in [6, 6.07) is 10.1. The van der Waals surface area contributed by atoms with E-state index in [1.807, 2.05) is 45.0 Å². The molecule has 0 aliphatic carbocycles. The number of benzene rings is 1. The normalized spacial score (nSPS) is 10.2. The van der Waals surface area contributed by atoms with Crippen molar-refractivity contribution >= 4 is 5.82 Å². The SMILES string of the molecule is CCc1nnc(NCCOc2ccccc2C)c(C#N)c1CC. The Bertz CT molecular complexity index is 707. The number of aryl methyl sites for hydroxylation is 2. The van der Waals surface area contributed by atoms with E-state index in [1.54, 1.807) is 0 Å². The highest BCUT2D eigenvalue weighted by Crippen LogP contribution is 2.20. The Morgan fingerprint density at radius 1 is 1.17 bits per heavy atom. The van der Waals surface area contributed by atoms with Gasteiger partial charge in [0.15, 0.2) is 5.82 Å². The Morgan fingerprint density at radius 3 is 2.61 bits per heavy atom. The van der Waals surface area contributed by atoms with Crippen LogP contribution in [0.1, 0.15) is 36.2 Å². The Morgan fingerprint density at radius 2 is 1.96 bits per heavy atom. The van der Waals surface area contributed by atoms with Crippen LogP contribution in [0.2, 0.25) is 0 Å². The van der Waals surface area contributed by atoms with Gasteiger partial charge in [-0.3, -0.25) is 0 Å². The number of rotatable bonds is 7. The third kappa shape index (κ3) is 3.98. The molecule has 0 spiro atoms. The molecule has 0 unspecified atom stereocenters. The minimum Gasteiger partial charge on any atom is -0.491 e. The Balaban J connectivity index is 2.01. The fourth-order valence-electron chi connectivity index (χ4n) is 2.47. The topological polar surface area (TPSA) is 70.8 Å². The van der Waals surface area contributed by atoms with E-state index in [-0.39, 0.29) is 0 Å². The molecule has 2 rings (SSSR count). The van der Waals surface area contributed by atoms with Crippen molar-refractivity contribution in [1.82, 2.24) is 10.2 Å². The molecule has 0 fully saturated rings. The van der Waals surface area contributed by atoms with Crippen LogP contribution in [0.3, 0.4) is 0 Å². The Kier molecular flexibility index (Phi) is 5.93. The van der Waals surface area contributed by atoms with Crippen molar-refractivity contribution in [3.8, 4) is 11.8 Å². The van der Waals surface area contributed by atoms with E-state index in [9.17, 15) is 5.26 Å². The average molecular weight is 310 g/mol. The molecule has 0 bridgehead atoms. The second kappa shape index (κ2) is 8.14. The first-order valence-electron chi connectivity index (χ1n) is 7.92. The van der Waals surface area contributed by atoms with E-state index in [4.69, 9.17) is 4.74 Å². The summed E-state index contributed by atoms with van der Waals surface area (Å²) < 4.78 is 5.74. The number of hydrogen-bond acceptors (Lipinski definition) is 5. The highest BCUT2D eigenvalue weighted by Gasteiger charge is 2.13. The largest absolute Gasteiger partial charge is 0.491 e. The van der Waals surface area contributed by atoms with Gasteiger partial charge >= 0.3 is 0 Å². The number of aromatic nitrogens is 2. The summed E-state index contributed by atoms with van der Waals surface area (Å²) in [4.78, 5) is 0. The van der Waals surface area contributed by atoms with Crippen molar-refractivity contribution < 1.29 is 4.74 Å². The van der Waals surface area contributed by atoms with Crippen LogP contribution < -0.4 is 10.1 Å². The first kappa shape index (κ1) is 16.8. The van der Waals surface area contributed by atoms with Crippen LogP contribution in [0, 0.1) is 18.3 Å². The van der Waals surface area contributed by atoms with Gasteiger partial charge in [0, 0.05) is 0 Å². The zero-order valence-corrected chi connectivity index (χ0v) is 13.9. The predicted octanol–water partition coefficient (Wildman–Crippen LogP) is 3.27. The highest BCUT2D eigenvalue weighted by atomic mass is 16.5. The molecule has 0 atom stereocenters. The zero-order chi connectivity index (χ0) is 16.7. The lowest BCUT2D eigenvalue weighted by Gasteiger charge is -2.13. The summed E-state index contributed by atoms with van der Waals surface area (Å²) >= 11 is 0. The van der Waals surface area contributed by atoms with Crippen LogP contribution in [0.5, 0.6) is 5.75 Å². The van der Waals surface area contributed by atoms with Crippen molar-refractivity contribution in [1.29, 1.82) is 5.26 Å². The molecule has 0 amide bonds. The molecule has 1 heterocycles. The van der Waals surface area contributed by atoms with E-state index in [0.717, 1.165) is 35.4 Å². The van der Waals surface area contributed by atoms with Crippen LogP contribution >= 0.6 is 0 Å². The highest BCUT2D eigenvalue weighted by molar-refractivity contribution is 5.56. The van der Waals surface area contributed by atoms with Gasteiger partial charge in [0.2, 0.25) is 0 Å². The molecular formula is C18H22N4O. The Hall–Kier alpha value is -2.61. The lowest BCUT2D eigenvalue weighted by molar-refractivity contribution is 0.330. The standard InChI is InChI=1S/C18H22N4O/c1-4-14-15(12-19)18(22-21-16(14)5-2)20-10-11-23-17-9-7-6-8-13(17)3/h6-9H,4-5,10-11H2,1-3H3,(H,20,22). The summed E-state index contributed by atoms with van der Waals surface area (Å²) in [6.07, 6.45) is 1.55. The van der Waals surface area contributed by atoms with E-state index in [0.29, 0.717) is 24.5 Å². The lowest BCUT2D eigenvalue weighted by atomic mass is 10.0. The molecule has 1 N–H and O–H groups in total. The summed E-state index contributed by atoms with van der Waals surface area (Å²) in [5.41, 5.74) is 3.57. The third-order valence-corrected chi connectivity index (χ3v) is 3.70. The van der Waals surface area contributed by atoms with Crippen molar-refractivity contribution in [2.45, 2.75) is 33.6 Å². The van der Waals surface area contributed by atoms with Crippen LogP contribution in [-0.2, 0) is 12.8 Å². The second-order valence-corrected chi connectivity index (χ2v) is 5.21. The first-order chi connectivity index (χ1) is 11.2. The van der Waals surface area contributed by atoms with Crippen LogP contribution in [0.15, 0.2) is 24.3 Å². The molecule has 0 saturated carbocycles. The summed E-state index contributed by atoms with van der Waals surface area (Å²) in [6.45, 7) is 7.12. The lowest BCUT2D eigenvalue weighted by Crippen LogP contribution is -2.15. The maximum atomic E-state index is 9.43. The fourth-order valence-corrected chi connectivity index (χ4v) is 2.47. The van der Waals surface area contributed by atoms with Crippen LogP contribution in [0.4, 0.5) is 5.82 Å². The van der Waals surface area contributed by atoms with E-state index in [1.165, 1.54) is 0 Å². The molecule has 2 aromatic rings. The van der Waals surface area contributed by atoms with E-state index < -0.39 is 0 Å². The number of nitrogens with one attached hydrogen (secondary N) is 1. The van der Waals surface area contributed by atoms with Gasteiger partial charge in [0.1, 0.15) is 24.0 Å². The van der Waals surface area contributed by atoms with Crippen molar-refractivity contribution in [2.24, 2.45) is 0 Å². The molecule has 0 saturated heterocycles.